The monoisotopic (exact) mass is 325 g/mol. The van der Waals surface area contributed by atoms with Crippen molar-refractivity contribution in [1.29, 1.82) is 0 Å². The van der Waals surface area contributed by atoms with Crippen LogP contribution in [0.3, 0.4) is 0 Å². The van der Waals surface area contributed by atoms with Gasteiger partial charge < -0.3 is 11.1 Å². The van der Waals surface area contributed by atoms with E-state index in [4.69, 9.17) is 5.73 Å². The number of amides is 1. The van der Waals surface area contributed by atoms with Gasteiger partial charge in [-0.25, -0.2) is 0 Å². The molecule has 1 aliphatic rings. The fraction of sp³-hybridized carbons (Fsp3) is 0.500. The van der Waals surface area contributed by atoms with Gasteiger partial charge in [0.25, 0.3) is 0 Å². The van der Waals surface area contributed by atoms with Gasteiger partial charge in [-0.3, -0.25) is 9.69 Å². The van der Waals surface area contributed by atoms with Crippen molar-refractivity contribution >= 4 is 27.5 Å². The molecule has 1 heterocycles. The Labute approximate surface area is 122 Å². The highest BCUT2D eigenvalue weighted by Gasteiger charge is 2.18. The van der Waals surface area contributed by atoms with Crippen LogP contribution < -0.4 is 11.1 Å². The average molecular weight is 326 g/mol. The molecule has 0 spiro atoms. The Morgan fingerprint density at radius 1 is 1.47 bits per heavy atom. The molecule has 3 N–H and O–H groups in total. The highest BCUT2D eigenvalue weighted by Crippen LogP contribution is 2.25. The number of hydrogen-bond acceptors (Lipinski definition) is 3. The summed E-state index contributed by atoms with van der Waals surface area (Å²) in [5.74, 6) is 0.0294. The SMILES string of the molecule is Cc1cccc(NC(=O)CN2CCC(N)CC2)c1Br. The zero-order valence-electron chi connectivity index (χ0n) is 11.2. The molecule has 4 nitrogen and oxygen atoms in total. The fourth-order valence-corrected chi connectivity index (χ4v) is 2.61. The summed E-state index contributed by atoms with van der Waals surface area (Å²) < 4.78 is 0.948. The standard InChI is InChI=1S/C14H20BrN3O/c1-10-3-2-4-12(14(10)15)17-13(19)9-18-7-5-11(16)6-8-18/h2-4,11H,5-9,16H2,1H3,(H,17,19). The smallest absolute Gasteiger partial charge is 0.238 e. The summed E-state index contributed by atoms with van der Waals surface area (Å²) in [5.41, 5.74) is 7.80. The van der Waals surface area contributed by atoms with Crippen LogP contribution in [0, 0.1) is 6.92 Å². The Morgan fingerprint density at radius 2 is 2.16 bits per heavy atom. The Bertz CT molecular complexity index is 456. The number of nitrogens with two attached hydrogens (primary N) is 1. The van der Waals surface area contributed by atoms with Gasteiger partial charge in [-0.1, -0.05) is 12.1 Å². The number of piperidine rings is 1. The molecule has 0 atom stereocenters. The molecule has 104 valence electrons. The molecule has 0 unspecified atom stereocenters. The first-order valence-corrected chi connectivity index (χ1v) is 7.38. The number of carbonyl (C=O) groups excluding carboxylic acids is 1. The summed E-state index contributed by atoms with van der Waals surface area (Å²) in [6.45, 7) is 4.26. The maximum atomic E-state index is 12.0. The molecule has 2 rings (SSSR count). The molecule has 0 radical (unpaired) electrons. The van der Waals surface area contributed by atoms with Gasteiger partial charge in [-0.05, 0) is 47.3 Å². The lowest BCUT2D eigenvalue weighted by atomic mass is 10.1. The van der Waals surface area contributed by atoms with Crippen molar-refractivity contribution in [3.05, 3.63) is 28.2 Å². The van der Waals surface area contributed by atoms with Crippen LogP contribution >= 0.6 is 15.9 Å². The van der Waals surface area contributed by atoms with Gasteiger partial charge in [-0.15, -0.1) is 0 Å². The molecule has 1 amide bonds. The number of benzene rings is 1. The van der Waals surface area contributed by atoms with Crippen LogP contribution in [0.1, 0.15) is 18.4 Å². The molecule has 1 aromatic rings. The molecule has 1 aromatic carbocycles. The van der Waals surface area contributed by atoms with Crippen LogP contribution in [0.2, 0.25) is 0 Å². The van der Waals surface area contributed by atoms with Crippen molar-refractivity contribution in [3.8, 4) is 0 Å². The first-order chi connectivity index (χ1) is 9.06. The van der Waals surface area contributed by atoms with E-state index in [-0.39, 0.29) is 5.91 Å². The molecule has 1 aliphatic heterocycles. The number of nitrogens with zero attached hydrogens (tertiary/aromatic N) is 1. The Kier molecular flexibility index (Phi) is 4.96. The van der Waals surface area contributed by atoms with E-state index < -0.39 is 0 Å². The summed E-state index contributed by atoms with van der Waals surface area (Å²) in [6.07, 6.45) is 1.95. The van der Waals surface area contributed by atoms with E-state index in [1.54, 1.807) is 0 Å². The minimum absolute atomic E-state index is 0.0294. The van der Waals surface area contributed by atoms with E-state index in [1.807, 2.05) is 25.1 Å². The first-order valence-electron chi connectivity index (χ1n) is 6.59. The second-order valence-corrected chi connectivity index (χ2v) is 5.89. The third-order valence-corrected chi connectivity index (χ3v) is 4.52. The number of nitrogens with one attached hydrogen (secondary N) is 1. The first kappa shape index (κ1) is 14.5. The third kappa shape index (κ3) is 4.03. The molecule has 1 fully saturated rings. The Morgan fingerprint density at radius 3 is 2.84 bits per heavy atom. The molecule has 0 saturated carbocycles. The fourth-order valence-electron chi connectivity index (χ4n) is 2.25. The lowest BCUT2D eigenvalue weighted by Gasteiger charge is -2.29. The van der Waals surface area contributed by atoms with E-state index >= 15 is 0 Å². The van der Waals surface area contributed by atoms with Gasteiger partial charge in [0.15, 0.2) is 0 Å². The molecular weight excluding hydrogens is 306 g/mol. The number of rotatable bonds is 3. The summed E-state index contributed by atoms with van der Waals surface area (Å²) in [4.78, 5) is 14.2. The molecule has 0 aromatic heterocycles. The lowest BCUT2D eigenvalue weighted by Crippen LogP contribution is -2.43. The molecule has 19 heavy (non-hydrogen) atoms. The Hall–Kier alpha value is -0.910. The lowest BCUT2D eigenvalue weighted by molar-refractivity contribution is -0.117. The number of aryl methyl sites for hydroxylation is 1. The molecule has 0 aliphatic carbocycles. The average Bonchev–Trinajstić information content (AvgIpc) is 2.38. The number of carbonyl (C=O) groups is 1. The summed E-state index contributed by atoms with van der Waals surface area (Å²) in [6, 6.07) is 6.15. The normalized spacial score (nSPS) is 17.4. The van der Waals surface area contributed by atoms with Gasteiger partial charge in [0.2, 0.25) is 5.91 Å². The predicted octanol–water partition coefficient (Wildman–Crippen LogP) is 2.12. The van der Waals surface area contributed by atoms with Crippen molar-refractivity contribution in [1.82, 2.24) is 4.90 Å². The summed E-state index contributed by atoms with van der Waals surface area (Å²) in [7, 11) is 0. The third-order valence-electron chi connectivity index (χ3n) is 3.47. The topological polar surface area (TPSA) is 58.4 Å². The predicted molar refractivity (Wildman–Crippen MR) is 81.2 cm³/mol. The quantitative estimate of drug-likeness (QED) is 0.894. The highest BCUT2D eigenvalue weighted by molar-refractivity contribution is 9.10. The summed E-state index contributed by atoms with van der Waals surface area (Å²) in [5, 5.41) is 2.95. The van der Waals surface area contributed by atoms with E-state index in [1.165, 1.54) is 0 Å². The number of hydrogen-bond donors (Lipinski definition) is 2. The van der Waals surface area contributed by atoms with Crippen molar-refractivity contribution in [2.24, 2.45) is 5.73 Å². The van der Waals surface area contributed by atoms with Crippen LogP contribution in [0.15, 0.2) is 22.7 Å². The Balaban J connectivity index is 1.89. The highest BCUT2D eigenvalue weighted by atomic mass is 79.9. The van der Waals surface area contributed by atoms with Crippen molar-refractivity contribution in [3.63, 3.8) is 0 Å². The van der Waals surface area contributed by atoms with E-state index in [0.29, 0.717) is 12.6 Å². The van der Waals surface area contributed by atoms with E-state index in [9.17, 15) is 4.79 Å². The van der Waals surface area contributed by atoms with Crippen molar-refractivity contribution in [2.45, 2.75) is 25.8 Å². The van der Waals surface area contributed by atoms with Crippen molar-refractivity contribution in [2.75, 3.05) is 25.0 Å². The summed E-state index contributed by atoms with van der Waals surface area (Å²) >= 11 is 3.50. The maximum absolute atomic E-state index is 12.0. The van der Waals surface area contributed by atoms with E-state index in [0.717, 1.165) is 41.7 Å². The molecular formula is C14H20BrN3O. The second kappa shape index (κ2) is 6.50. The number of likely N-dealkylation sites (tertiary alicyclic amines) is 1. The molecule has 0 bridgehead atoms. The van der Waals surface area contributed by atoms with Gasteiger partial charge >= 0.3 is 0 Å². The number of anilines is 1. The van der Waals surface area contributed by atoms with E-state index in [2.05, 4.69) is 26.1 Å². The largest absolute Gasteiger partial charge is 0.328 e. The minimum atomic E-state index is 0.0294. The number of halogens is 1. The maximum Gasteiger partial charge on any atom is 0.238 e. The second-order valence-electron chi connectivity index (χ2n) is 5.10. The zero-order chi connectivity index (χ0) is 13.8. The van der Waals surface area contributed by atoms with Crippen LogP contribution in [-0.2, 0) is 4.79 Å². The molecule has 1 saturated heterocycles. The van der Waals surface area contributed by atoms with Crippen LogP contribution in [0.5, 0.6) is 0 Å². The van der Waals surface area contributed by atoms with Gasteiger partial charge in [0.1, 0.15) is 0 Å². The van der Waals surface area contributed by atoms with Crippen LogP contribution in [0.4, 0.5) is 5.69 Å². The minimum Gasteiger partial charge on any atom is -0.328 e. The molecule has 5 heteroatoms. The van der Waals surface area contributed by atoms with Gasteiger partial charge in [-0.2, -0.15) is 0 Å². The van der Waals surface area contributed by atoms with Gasteiger partial charge in [0.05, 0.1) is 12.2 Å². The van der Waals surface area contributed by atoms with Gasteiger partial charge in [0, 0.05) is 23.6 Å². The van der Waals surface area contributed by atoms with Crippen LogP contribution in [0.25, 0.3) is 0 Å². The zero-order valence-corrected chi connectivity index (χ0v) is 12.7. The van der Waals surface area contributed by atoms with Crippen molar-refractivity contribution < 1.29 is 4.79 Å². The van der Waals surface area contributed by atoms with Crippen LogP contribution in [-0.4, -0.2) is 36.5 Å².